The second-order valence-electron chi connectivity index (χ2n) is 4.84. The zero-order valence-corrected chi connectivity index (χ0v) is 12.6. The summed E-state index contributed by atoms with van der Waals surface area (Å²) in [5, 5.41) is 0. The number of aromatic nitrogens is 1. The van der Waals surface area contributed by atoms with E-state index >= 15 is 0 Å². The molecule has 0 bridgehead atoms. The molecule has 0 amide bonds. The van der Waals surface area contributed by atoms with Crippen LogP contribution >= 0.6 is 11.8 Å². The Bertz CT molecular complexity index is 399. The molecule has 4 nitrogen and oxygen atoms in total. The van der Waals surface area contributed by atoms with Gasteiger partial charge in [-0.3, -0.25) is 0 Å². The molecule has 1 saturated heterocycles. The first-order valence-corrected chi connectivity index (χ1v) is 8.05. The number of nitrogens with zero attached hydrogens (tertiary/aromatic N) is 2. The predicted molar refractivity (Wildman–Crippen MR) is 82.2 cm³/mol. The summed E-state index contributed by atoms with van der Waals surface area (Å²) in [6, 6.07) is 3.91. The average molecular weight is 281 g/mol. The Kier molecular flexibility index (Phi) is 4.93. The van der Waals surface area contributed by atoms with E-state index in [4.69, 9.17) is 10.5 Å². The van der Waals surface area contributed by atoms with Crippen LogP contribution in [0.1, 0.15) is 19.8 Å². The molecule has 19 heavy (non-hydrogen) atoms. The van der Waals surface area contributed by atoms with E-state index in [1.807, 2.05) is 37.0 Å². The van der Waals surface area contributed by atoms with Crippen molar-refractivity contribution in [3.05, 3.63) is 18.3 Å². The van der Waals surface area contributed by atoms with E-state index in [1.165, 1.54) is 0 Å². The maximum absolute atomic E-state index is 5.93. The van der Waals surface area contributed by atoms with E-state index in [0.717, 1.165) is 44.0 Å². The third-order valence-corrected chi connectivity index (χ3v) is 5.27. The second kappa shape index (κ2) is 6.48. The third-order valence-electron chi connectivity index (χ3n) is 3.83. The molecule has 0 radical (unpaired) electrons. The van der Waals surface area contributed by atoms with E-state index in [0.29, 0.717) is 6.61 Å². The highest BCUT2D eigenvalue weighted by Gasteiger charge is 2.33. The van der Waals surface area contributed by atoms with Crippen LogP contribution in [0.5, 0.6) is 5.75 Å². The Morgan fingerprint density at radius 2 is 2.21 bits per heavy atom. The van der Waals surface area contributed by atoms with Gasteiger partial charge in [-0.25, -0.2) is 4.98 Å². The lowest BCUT2D eigenvalue weighted by Crippen LogP contribution is -2.46. The summed E-state index contributed by atoms with van der Waals surface area (Å²) in [4.78, 5) is 6.80. The Morgan fingerprint density at radius 3 is 2.79 bits per heavy atom. The molecule has 0 aliphatic carbocycles. The first-order chi connectivity index (χ1) is 9.24. The summed E-state index contributed by atoms with van der Waals surface area (Å²) in [7, 11) is 0. The van der Waals surface area contributed by atoms with Crippen molar-refractivity contribution in [1.82, 2.24) is 4.98 Å². The fourth-order valence-corrected chi connectivity index (χ4v) is 3.26. The summed E-state index contributed by atoms with van der Waals surface area (Å²) in [6.07, 6.45) is 6.20. The van der Waals surface area contributed by atoms with E-state index in [9.17, 15) is 0 Å². The molecule has 1 aliphatic rings. The zero-order chi connectivity index (χ0) is 13.7. The van der Waals surface area contributed by atoms with Gasteiger partial charge in [0.15, 0.2) is 11.6 Å². The van der Waals surface area contributed by atoms with Gasteiger partial charge in [-0.1, -0.05) is 0 Å². The van der Waals surface area contributed by atoms with Crippen molar-refractivity contribution < 1.29 is 4.74 Å². The summed E-state index contributed by atoms with van der Waals surface area (Å²) in [5.41, 5.74) is 5.93. The van der Waals surface area contributed by atoms with Crippen molar-refractivity contribution in [3.63, 3.8) is 0 Å². The fourth-order valence-electron chi connectivity index (χ4n) is 2.51. The number of hydrogen-bond acceptors (Lipinski definition) is 5. The minimum absolute atomic E-state index is 0.247. The van der Waals surface area contributed by atoms with E-state index in [2.05, 4.69) is 16.1 Å². The molecule has 2 rings (SSSR count). The highest BCUT2D eigenvalue weighted by Crippen LogP contribution is 2.36. The van der Waals surface area contributed by atoms with Gasteiger partial charge in [0.2, 0.25) is 0 Å². The first kappa shape index (κ1) is 14.5. The van der Waals surface area contributed by atoms with Crippen molar-refractivity contribution in [2.75, 3.05) is 37.4 Å². The zero-order valence-electron chi connectivity index (χ0n) is 11.8. The molecule has 1 aromatic rings. The average Bonchev–Trinajstić information content (AvgIpc) is 2.48. The van der Waals surface area contributed by atoms with Crippen LogP contribution in [0.15, 0.2) is 18.3 Å². The molecular weight excluding hydrogens is 258 g/mol. The summed E-state index contributed by atoms with van der Waals surface area (Å²) >= 11 is 1.90. The second-order valence-corrected chi connectivity index (χ2v) is 6.11. The smallest absolute Gasteiger partial charge is 0.171 e. The number of rotatable bonds is 5. The van der Waals surface area contributed by atoms with Crippen LogP contribution < -0.4 is 15.4 Å². The van der Waals surface area contributed by atoms with Crippen LogP contribution in [0.25, 0.3) is 0 Å². The summed E-state index contributed by atoms with van der Waals surface area (Å²) in [5.74, 6) is 1.85. The van der Waals surface area contributed by atoms with Crippen LogP contribution in [0.2, 0.25) is 0 Å². The lowest BCUT2D eigenvalue weighted by Gasteiger charge is -2.40. The molecule has 0 saturated carbocycles. The highest BCUT2D eigenvalue weighted by atomic mass is 32.2. The number of piperidine rings is 1. The van der Waals surface area contributed by atoms with Crippen LogP contribution in [-0.4, -0.2) is 42.2 Å². The van der Waals surface area contributed by atoms with Gasteiger partial charge in [-0.2, -0.15) is 11.8 Å². The van der Waals surface area contributed by atoms with Crippen molar-refractivity contribution >= 4 is 17.6 Å². The molecule has 106 valence electrons. The molecule has 1 aromatic heterocycles. The summed E-state index contributed by atoms with van der Waals surface area (Å²) < 4.78 is 5.91. The van der Waals surface area contributed by atoms with Crippen LogP contribution in [-0.2, 0) is 0 Å². The fraction of sp³-hybridized carbons (Fsp3) is 0.643. The molecule has 2 heterocycles. The van der Waals surface area contributed by atoms with Gasteiger partial charge >= 0.3 is 0 Å². The van der Waals surface area contributed by atoms with Gasteiger partial charge in [-0.15, -0.1) is 0 Å². The number of hydrogen-bond donors (Lipinski definition) is 1. The normalized spacial score (nSPS) is 18.4. The molecule has 1 fully saturated rings. The Morgan fingerprint density at radius 1 is 1.47 bits per heavy atom. The molecule has 0 atom stereocenters. The van der Waals surface area contributed by atoms with Crippen molar-refractivity contribution in [3.8, 4) is 5.75 Å². The predicted octanol–water partition coefficient (Wildman–Crippen LogP) is 2.14. The number of nitrogens with two attached hydrogens (primary N) is 1. The van der Waals surface area contributed by atoms with E-state index in [1.54, 1.807) is 0 Å². The molecule has 1 aliphatic heterocycles. The highest BCUT2D eigenvalue weighted by molar-refractivity contribution is 8.00. The van der Waals surface area contributed by atoms with Gasteiger partial charge in [0.05, 0.1) is 6.61 Å². The number of pyridine rings is 1. The van der Waals surface area contributed by atoms with Crippen LogP contribution in [0, 0.1) is 0 Å². The summed E-state index contributed by atoms with van der Waals surface area (Å²) in [6.45, 7) is 5.41. The van der Waals surface area contributed by atoms with Gasteiger partial charge in [-0.05, 0) is 38.2 Å². The van der Waals surface area contributed by atoms with Gasteiger partial charge in [0, 0.05) is 30.6 Å². The SMILES string of the molecule is CCOc1cccnc1N1CCC(CN)(SC)CC1. The van der Waals surface area contributed by atoms with Crippen molar-refractivity contribution in [1.29, 1.82) is 0 Å². The first-order valence-electron chi connectivity index (χ1n) is 6.82. The number of anilines is 1. The minimum Gasteiger partial charge on any atom is -0.490 e. The third kappa shape index (κ3) is 3.15. The number of ether oxygens (including phenoxy) is 1. The van der Waals surface area contributed by atoms with Gasteiger partial charge in [0.25, 0.3) is 0 Å². The largest absolute Gasteiger partial charge is 0.490 e. The van der Waals surface area contributed by atoms with Crippen molar-refractivity contribution in [2.24, 2.45) is 5.73 Å². The molecule has 0 spiro atoms. The maximum Gasteiger partial charge on any atom is 0.171 e. The van der Waals surface area contributed by atoms with Gasteiger partial charge < -0.3 is 15.4 Å². The van der Waals surface area contributed by atoms with E-state index in [-0.39, 0.29) is 4.75 Å². The maximum atomic E-state index is 5.93. The Labute approximate surface area is 119 Å². The Hall–Kier alpha value is -0.940. The molecular formula is C14H23N3OS. The van der Waals surface area contributed by atoms with Gasteiger partial charge in [0.1, 0.15) is 0 Å². The number of thioether (sulfide) groups is 1. The minimum atomic E-state index is 0.247. The van der Waals surface area contributed by atoms with Crippen LogP contribution in [0.4, 0.5) is 5.82 Å². The quantitative estimate of drug-likeness (QED) is 0.896. The molecule has 0 unspecified atom stereocenters. The van der Waals surface area contributed by atoms with Crippen molar-refractivity contribution in [2.45, 2.75) is 24.5 Å². The van der Waals surface area contributed by atoms with Crippen LogP contribution in [0.3, 0.4) is 0 Å². The monoisotopic (exact) mass is 281 g/mol. The standard InChI is InChI=1S/C14H23N3OS/c1-3-18-12-5-4-8-16-13(12)17-9-6-14(11-15,19-2)7-10-17/h4-5,8H,3,6-7,9-11,15H2,1-2H3. The molecule has 5 heteroatoms. The van der Waals surface area contributed by atoms with E-state index < -0.39 is 0 Å². The molecule has 0 aromatic carbocycles. The Balaban J connectivity index is 2.09. The topological polar surface area (TPSA) is 51.4 Å². The molecule has 2 N–H and O–H groups in total. The lowest BCUT2D eigenvalue weighted by atomic mass is 9.96. The lowest BCUT2D eigenvalue weighted by molar-refractivity contribution is 0.337.